The Morgan fingerprint density at radius 1 is 1.40 bits per heavy atom. The fourth-order valence-corrected chi connectivity index (χ4v) is 2.70. The third-order valence-corrected chi connectivity index (χ3v) is 3.52. The summed E-state index contributed by atoms with van der Waals surface area (Å²) in [6.07, 6.45) is 7.20. The first-order valence-electron chi connectivity index (χ1n) is 6.58. The minimum Gasteiger partial charge on any atom is -0.405 e. The molecular weight excluding hydrogens is 275 g/mol. The van der Waals surface area contributed by atoms with Gasteiger partial charge in [-0.3, -0.25) is 0 Å². The molecule has 1 heterocycles. The van der Waals surface area contributed by atoms with Gasteiger partial charge in [0.05, 0.1) is 6.04 Å². The largest absolute Gasteiger partial charge is 0.405 e. The van der Waals surface area contributed by atoms with Gasteiger partial charge in [0.15, 0.2) is 0 Å². The van der Waals surface area contributed by atoms with E-state index < -0.39 is 0 Å². The highest BCUT2D eigenvalue weighted by molar-refractivity contribution is 6.30. The second-order valence-corrected chi connectivity index (χ2v) is 5.26. The van der Waals surface area contributed by atoms with Crippen LogP contribution in [0.2, 0.25) is 0 Å². The van der Waals surface area contributed by atoms with Gasteiger partial charge in [-0.25, -0.2) is 4.39 Å². The molecule has 1 aromatic carbocycles. The van der Waals surface area contributed by atoms with Crippen LogP contribution in [-0.4, -0.2) is 11.4 Å². The van der Waals surface area contributed by atoms with Crippen LogP contribution in [0.3, 0.4) is 0 Å². The summed E-state index contributed by atoms with van der Waals surface area (Å²) in [7, 11) is 0. The summed E-state index contributed by atoms with van der Waals surface area (Å²) in [5, 5.41) is 0.461. The van der Waals surface area contributed by atoms with E-state index >= 15 is 0 Å². The molecule has 0 aromatic heterocycles. The molecule has 1 fully saturated rings. The zero-order chi connectivity index (χ0) is 14.5. The number of benzene rings is 1. The number of nitrogens with zero attached hydrogens (tertiary/aromatic N) is 1. The van der Waals surface area contributed by atoms with E-state index in [0.717, 1.165) is 30.6 Å². The molecular formula is C16H18ClFN2. The van der Waals surface area contributed by atoms with Crippen LogP contribution in [-0.2, 0) is 0 Å². The van der Waals surface area contributed by atoms with E-state index in [1.54, 1.807) is 6.08 Å². The molecule has 1 atom stereocenters. The van der Waals surface area contributed by atoms with E-state index in [9.17, 15) is 4.39 Å². The average Bonchev–Trinajstić information content (AvgIpc) is 2.88. The molecule has 1 saturated heterocycles. The molecule has 1 aliphatic rings. The Balaban J connectivity index is 2.29. The lowest BCUT2D eigenvalue weighted by atomic mass is 10.0. The van der Waals surface area contributed by atoms with Crippen LogP contribution in [0.15, 0.2) is 59.9 Å². The Hall–Kier alpha value is -1.74. The molecule has 106 valence electrons. The highest BCUT2D eigenvalue weighted by atomic mass is 35.5. The van der Waals surface area contributed by atoms with Crippen molar-refractivity contribution in [1.82, 2.24) is 4.90 Å². The van der Waals surface area contributed by atoms with E-state index in [4.69, 9.17) is 17.3 Å². The summed E-state index contributed by atoms with van der Waals surface area (Å²) in [6, 6.07) is 6.87. The van der Waals surface area contributed by atoms with Crippen LogP contribution >= 0.6 is 11.6 Å². The van der Waals surface area contributed by atoms with Gasteiger partial charge in [0.25, 0.3) is 0 Å². The maximum absolute atomic E-state index is 13.0. The quantitative estimate of drug-likeness (QED) is 0.848. The van der Waals surface area contributed by atoms with Crippen LogP contribution in [0.1, 0.15) is 24.4 Å². The molecule has 0 amide bonds. The molecule has 0 saturated carbocycles. The highest BCUT2D eigenvalue weighted by Gasteiger charge is 2.26. The van der Waals surface area contributed by atoms with Gasteiger partial charge in [0.2, 0.25) is 0 Å². The highest BCUT2D eigenvalue weighted by Crippen LogP contribution is 2.35. The molecule has 0 bridgehead atoms. The van der Waals surface area contributed by atoms with Gasteiger partial charge < -0.3 is 10.6 Å². The van der Waals surface area contributed by atoms with Gasteiger partial charge in [-0.2, -0.15) is 0 Å². The van der Waals surface area contributed by atoms with Crippen molar-refractivity contribution in [3.8, 4) is 0 Å². The summed E-state index contributed by atoms with van der Waals surface area (Å²) in [5.41, 5.74) is 7.53. The minimum absolute atomic E-state index is 0.217. The first-order chi connectivity index (χ1) is 9.61. The number of halogens is 2. The molecule has 2 nitrogen and oxygen atoms in total. The van der Waals surface area contributed by atoms with E-state index in [2.05, 4.69) is 11.5 Å². The summed E-state index contributed by atoms with van der Waals surface area (Å²) in [5.74, 6) is -0.218. The Morgan fingerprint density at radius 3 is 2.70 bits per heavy atom. The normalized spacial score (nSPS) is 19.8. The molecule has 0 spiro atoms. The van der Waals surface area contributed by atoms with E-state index in [1.165, 1.54) is 18.3 Å². The number of rotatable bonds is 4. The van der Waals surface area contributed by atoms with Gasteiger partial charge in [0.1, 0.15) is 5.82 Å². The van der Waals surface area contributed by atoms with Gasteiger partial charge >= 0.3 is 0 Å². The van der Waals surface area contributed by atoms with Crippen LogP contribution in [0.5, 0.6) is 0 Å². The number of hydrogen-bond acceptors (Lipinski definition) is 2. The number of allylic oxidation sites excluding steroid dienone is 3. The monoisotopic (exact) mass is 292 g/mol. The summed E-state index contributed by atoms with van der Waals surface area (Å²) >= 11 is 5.88. The lowest BCUT2D eigenvalue weighted by Crippen LogP contribution is -2.22. The van der Waals surface area contributed by atoms with Crippen molar-refractivity contribution < 1.29 is 4.39 Å². The van der Waals surface area contributed by atoms with E-state index in [-0.39, 0.29) is 11.9 Å². The number of nitrogens with two attached hydrogens (primary N) is 1. The first kappa shape index (κ1) is 14.7. The third-order valence-electron chi connectivity index (χ3n) is 3.41. The molecule has 0 aliphatic carbocycles. The lowest BCUT2D eigenvalue weighted by molar-refractivity contribution is 0.337. The summed E-state index contributed by atoms with van der Waals surface area (Å²) in [4.78, 5) is 2.23. The minimum atomic E-state index is -0.218. The smallest absolute Gasteiger partial charge is 0.123 e. The Morgan fingerprint density at radius 2 is 2.10 bits per heavy atom. The van der Waals surface area contributed by atoms with Crippen molar-refractivity contribution in [2.24, 2.45) is 5.73 Å². The molecule has 0 radical (unpaired) electrons. The fraction of sp³-hybridized carbons (Fsp3) is 0.250. The van der Waals surface area contributed by atoms with Gasteiger partial charge in [0, 0.05) is 17.3 Å². The van der Waals surface area contributed by atoms with Gasteiger partial charge in [-0.1, -0.05) is 30.3 Å². The van der Waals surface area contributed by atoms with Crippen LogP contribution in [0.4, 0.5) is 4.39 Å². The fourth-order valence-electron chi connectivity index (χ4n) is 2.59. The van der Waals surface area contributed by atoms with E-state index in [0.29, 0.717) is 5.03 Å². The predicted octanol–water partition coefficient (Wildman–Crippen LogP) is 4.07. The molecule has 1 unspecified atom stereocenters. The zero-order valence-electron chi connectivity index (χ0n) is 11.2. The molecule has 20 heavy (non-hydrogen) atoms. The zero-order valence-corrected chi connectivity index (χ0v) is 12.0. The standard InChI is InChI=1S/C16H18ClFN2/c1-12(17)11-15(8-9-19)20-10-2-3-16(20)13-4-6-14(18)7-5-13/h4-9,11,16H,1-3,10,19H2/b9-8-,15-11+. The Labute approximate surface area is 124 Å². The molecule has 4 heteroatoms. The van der Waals surface area contributed by atoms with Crippen molar-refractivity contribution in [2.45, 2.75) is 18.9 Å². The van der Waals surface area contributed by atoms with Crippen LogP contribution in [0, 0.1) is 5.82 Å². The third kappa shape index (κ3) is 3.42. The first-order valence-corrected chi connectivity index (χ1v) is 6.96. The lowest BCUT2D eigenvalue weighted by Gasteiger charge is -2.28. The Bertz CT molecular complexity index is 534. The Kier molecular flexibility index (Phi) is 4.85. The van der Waals surface area contributed by atoms with Crippen molar-refractivity contribution in [2.75, 3.05) is 6.54 Å². The van der Waals surface area contributed by atoms with Crippen LogP contribution in [0.25, 0.3) is 0 Å². The van der Waals surface area contributed by atoms with Gasteiger partial charge in [-0.15, -0.1) is 0 Å². The second-order valence-electron chi connectivity index (χ2n) is 4.78. The van der Waals surface area contributed by atoms with E-state index in [1.807, 2.05) is 18.2 Å². The summed E-state index contributed by atoms with van der Waals surface area (Å²) in [6.45, 7) is 4.62. The second kappa shape index (κ2) is 6.62. The maximum atomic E-state index is 13.0. The van der Waals surface area contributed by atoms with Gasteiger partial charge in [-0.05, 0) is 48.9 Å². The van der Waals surface area contributed by atoms with Crippen LogP contribution < -0.4 is 5.73 Å². The molecule has 1 aliphatic heterocycles. The predicted molar refractivity (Wildman–Crippen MR) is 81.5 cm³/mol. The molecule has 2 N–H and O–H groups in total. The number of hydrogen-bond donors (Lipinski definition) is 1. The molecule has 1 aromatic rings. The topological polar surface area (TPSA) is 29.3 Å². The average molecular weight is 293 g/mol. The SMILES string of the molecule is C=C(Cl)/C=C(\C=C/N)N1CCCC1c1ccc(F)cc1. The van der Waals surface area contributed by atoms with Crippen molar-refractivity contribution in [3.05, 3.63) is 71.3 Å². The molecule has 2 rings (SSSR count). The maximum Gasteiger partial charge on any atom is 0.123 e. The summed E-state index contributed by atoms with van der Waals surface area (Å²) < 4.78 is 13.0. The van der Waals surface area contributed by atoms with Crippen molar-refractivity contribution >= 4 is 11.6 Å². The van der Waals surface area contributed by atoms with Crippen molar-refractivity contribution in [1.29, 1.82) is 0 Å². The van der Waals surface area contributed by atoms with Crippen molar-refractivity contribution in [3.63, 3.8) is 0 Å². The number of likely N-dealkylation sites (tertiary alicyclic amines) is 1.